The monoisotopic (exact) mass is 242 g/mol. The molecule has 80 valence electrons. The highest BCUT2D eigenvalue weighted by atomic mass is 33.5. The van der Waals surface area contributed by atoms with Gasteiger partial charge in [-0.25, -0.2) is 0 Å². The lowest BCUT2D eigenvalue weighted by atomic mass is 10.4. The average Bonchev–Trinajstić information content (AvgIpc) is 2.16. The van der Waals surface area contributed by atoms with Crippen LogP contribution in [0.25, 0.3) is 0 Å². The van der Waals surface area contributed by atoms with Crippen LogP contribution in [0.3, 0.4) is 0 Å². The van der Waals surface area contributed by atoms with E-state index in [-0.39, 0.29) is 0 Å². The Morgan fingerprint density at radius 2 is 1.15 bits per heavy atom. The van der Waals surface area contributed by atoms with E-state index in [9.17, 15) is 0 Å². The number of aliphatic hydroxyl groups is 2. The Labute approximate surface area is 92.1 Å². The van der Waals surface area contributed by atoms with Crippen LogP contribution in [0, 0.1) is 0 Å². The Morgan fingerprint density at radius 3 is 1.54 bits per heavy atom. The average molecular weight is 242 g/mol. The van der Waals surface area contributed by atoms with Crippen LogP contribution < -0.4 is 0 Å². The number of aliphatic hydroxyl groups excluding tert-OH is 2. The summed E-state index contributed by atoms with van der Waals surface area (Å²) in [7, 11) is 5.54. The number of hydrogen-bond acceptors (Lipinski definition) is 5. The van der Waals surface area contributed by atoms with Gasteiger partial charge in [0, 0.05) is 24.7 Å². The molecule has 0 fully saturated rings. The Bertz CT molecular complexity index is 83.5. The fraction of sp³-hybridized carbons (Fsp3) is 1.00. The van der Waals surface area contributed by atoms with Crippen LogP contribution in [0.1, 0.15) is 25.7 Å². The summed E-state index contributed by atoms with van der Waals surface area (Å²) in [5, 5.41) is 17.0. The molecule has 0 rings (SSSR count). The molecule has 0 saturated heterocycles. The van der Waals surface area contributed by atoms with Gasteiger partial charge in [0.1, 0.15) is 0 Å². The maximum Gasteiger partial charge on any atom is 0.0431 e. The molecule has 0 radical (unpaired) electrons. The van der Waals surface area contributed by atoms with Crippen molar-refractivity contribution in [2.24, 2.45) is 0 Å². The third-order valence-corrected chi connectivity index (χ3v) is 5.78. The Hall–Kier alpha value is 0.970. The quantitative estimate of drug-likeness (QED) is 0.455. The molecule has 0 saturated carbocycles. The molecule has 0 aromatic heterocycles. The maximum absolute atomic E-state index is 8.52. The summed E-state index contributed by atoms with van der Waals surface area (Å²) in [5.74, 6) is 2.25. The highest BCUT2D eigenvalue weighted by molar-refractivity contribution is 9.09. The molecular formula is C8H18O2S3. The van der Waals surface area contributed by atoms with E-state index in [1.165, 1.54) is 0 Å². The molecule has 0 aliphatic rings. The van der Waals surface area contributed by atoms with Crippen LogP contribution in [0.2, 0.25) is 0 Å². The van der Waals surface area contributed by atoms with Gasteiger partial charge in [-0.15, -0.1) is 0 Å². The number of rotatable bonds is 10. The van der Waals surface area contributed by atoms with Gasteiger partial charge in [0.15, 0.2) is 0 Å². The van der Waals surface area contributed by atoms with Crippen molar-refractivity contribution in [2.45, 2.75) is 25.7 Å². The van der Waals surface area contributed by atoms with E-state index >= 15 is 0 Å². The SMILES string of the molecule is OCCCCSSSCCCCO. The second kappa shape index (κ2) is 13.0. The van der Waals surface area contributed by atoms with Gasteiger partial charge in [0.05, 0.1) is 0 Å². The Balaban J connectivity index is 2.76. The van der Waals surface area contributed by atoms with E-state index in [4.69, 9.17) is 10.2 Å². The zero-order valence-corrected chi connectivity index (χ0v) is 10.2. The summed E-state index contributed by atoms with van der Waals surface area (Å²) >= 11 is 0. The van der Waals surface area contributed by atoms with Gasteiger partial charge >= 0.3 is 0 Å². The van der Waals surface area contributed by atoms with Crippen LogP contribution in [-0.2, 0) is 0 Å². The zero-order chi connectivity index (χ0) is 9.78. The van der Waals surface area contributed by atoms with Crippen LogP contribution in [0.15, 0.2) is 0 Å². The normalized spacial score (nSPS) is 10.6. The van der Waals surface area contributed by atoms with E-state index in [1.54, 1.807) is 0 Å². The van der Waals surface area contributed by atoms with Crippen molar-refractivity contribution in [1.82, 2.24) is 0 Å². The van der Waals surface area contributed by atoms with Gasteiger partial charge in [-0.3, -0.25) is 0 Å². The Kier molecular flexibility index (Phi) is 13.9. The molecule has 0 spiro atoms. The molecule has 5 heteroatoms. The summed E-state index contributed by atoms with van der Waals surface area (Å²) in [6.07, 6.45) is 4.04. The first-order chi connectivity index (χ1) is 6.41. The van der Waals surface area contributed by atoms with E-state index in [0.29, 0.717) is 13.2 Å². The van der Waals surface area contributed by atoms with Crippen LogP contribution in [-0.4, -0.2) is 34.9 Å². The van der Waals surface area contributed by atoms with E-state index in [1.807, 2.05) is 31.4 Å². The standard InChI is InChI=1S/C8H18O2S3/c9-5-1-3-7-11-13-12-8-4-2-6-10/h9-10H,1-8H2. The molecule has 0 aromatic carbocycles. The lowest BCUT2D eigenvalue weighted by Gasteiger charge is -1.99. The van der Waals surface area contributed by atoms with E-state index in [2.05, 4.69) is 0 Å². The summed E-state index contributed by atoms with van der Waals surface area (Å²) in [4.78, 5) is 0. The Morgan fingerprint density at radius 1 is 0.692 bits per heavy atom. The maximum atomic E-state index is 8.52. The highest BCUT2D eigenvalue weighted by Gasteiger charge is 1.92. The van der Waals surface area contributed by atoms with Gasteiger partial charge < -0.3 is 10.2 Å². The van der Waals surface area contributed by atoms with Crippen LogP contribution in [0.5, 0.6) is 0 Å². The third kappa shape index (κ3) is 13.0. The second-order valence-corrected chi connectivity index (χ2v) is 7.04. The molecule has 0 aromatic rings. The van der Waals surface area contributed by atoms with Gasteiger partial charge in [0.25, 0.3) is 0 Å². The van der Waals surface area contributed by atoms with Crippen molar-refractivity contribution >= 4 is 31.4 Å². The third-order valence-electron chi connectivity index (χ3n) is 1.37. The first-order valence-corrected chi connectivity index (χ1v) is 8.36. The predicted octanol–water partition coefficient (Wildman–Crippen LogP) is 2.56. The minimum absolute atomic E-state index is 0.314. The predicted molar refractivity (Wildman–Crippen MR) is 65.1 cm³/mol. The fourth-order valence-corrected chi connectivity index (χ4v) is 4.65. The minimum Gasteiger partial charge on any atom is -0.396 e. The molecule has 0 aliphatic carbocycles. The van der Waals surface area contributed by atoms with Gasteiger partial charge in [-0.2, -0.15) is 0 Å². The number of unbranched alkanes of at least 4 members (excludes halogenated alkanes) is 2. The molecule has 0 heterocycles. The van der Waals surface area contributed by atoms with Gasteiger partial charge in [-0.05, 0) is 35.5 Å². The van der Waals surface area contributed by atoms with Crippen molar-refractivity contribution in [1.29, 1.82) is 0 Å². The van der Waals surface area contributed by atoms with E-state index < -0.39 is 0 Å². The topological polar surface area (TPSA) is 40.5 Å². The molecule has 0 unspecified atom stereocenters. The summed E-state index contributed by atoms with van der Waals surface area (Å²) in [5.41, 5.74) is 0. The molecule has 0 amide bonds. The highest BCUT2D eigenvalue weighted by Crippen LogP contribution is 2.35. The van der Waals surface area contributed by atoms with Crippen molar-refractivity contribution in [3.63, 3.8) is 0 Å². The first kappa shape index (κ1) is 14.0. The lowest BCUT2D eigenvalue weighted by molar-refractivity contribution is 0.287. The van der Waals surface area contributed by atoms with Gasteiger partial charge in [-0.1, -0.05) is 21.6 Å². The molecule has 0 atom stereocenters. The minimum atomic E-state index is 0.314. The van der Waals surface area contributed by atoms with Crippen LogP contribution >= 0.6 is 31.4 Å². The van der Waals surface area contributed by atoms with Crippen molar-refractivity contribution in [3.8, 4) is 0 Å². The molecular weight excluding hydrogens is 224 g/mol. The summed E-state index contributed by atoms with van der Waals surface area (Å²) in [6.45, 7) is 0.629. The van der Waals surface area contributed by atoms with E-state index in [0.717, 1.165) is 37.2 Å². The first-order valence-electron chi connectivity index (χ1n) is 4.54. The number of hydrogen-bond donors (Lipinski definition) is 2. The fourth-order valence-electron chi connectivity index (χ4n) is 0.648. The van der Waals surface area contributed by atoms with Gasteiger partial charge in [0.2, 0.25) is 0 Å². The molecule has 2 N–H and O–H groups in total. The molecule has 0 aliphatic heterocycles. The second-order valence-electron chi connectivity index (χ2n) is 2.57. The molecule has 0 bridgehead atoms. The smallest absolute Gasteiger partial charge is 0.0431 e. The van der Waals surface area contributed by atoms with Crippen molar-refractivity contribution < 1.29 is 10.2 Å². The molecule has 2 nitrogen and oxygen atoms in total. The largest absolute Gasteiger partial charge is 0.396 e. The summed E-state index contributed by atoms with van der Waals surface area (Å²) in [6, 6.07) is 0. The zero-order valence-electron chi connectivity index (χ0n) is 7.78. The lowest BCUT2D eigenvalue weighted by Crippen LogP contribution is -1.84. The van der Waals surface area contributed by atoms with Crippen molar-refractivity contribution in [2.75, 3.05) is 24.7 Å². The summed E-state index contributed by atoms with van der Waals surface area (Å²) < 4.78 is 0. The van der Waals surface area contributed by atoms with Crippen LogP contribution in [0.4, 0.5) is 0 Å². The molecule has 13 heavy (non-hydrogen) atoms. The van der Waals surface area contributed by atoms with Crippen molar-refractivity contribution in [3.05, 3.63) is 0 Å².